The first-order valence-electron chi connectivity index (χ1n) is 9.19. The number of carbonyl (C=O) groups excluding carboxylic acids is 2. The zero-order chi connectivity index (χ0) is 18.5. The van der Waals surface area contributed by atoms with Crippen LogP contribution in [0, 0.1) is 19.8 Å². The minimum atomic E-state index is -0.0865. The number of amides is 2. The number of aromatic nitrogens is 2. The molecule has 0 bridgehead atoms. The van der Waals surface area contributed by atoms with Crippen LogP contribution in [0.2, 0.25) is 0 Å². The lowest BCUT2D eigenvalue weighted by Gasteiger charge is -2.12. The molecule has 0 spiro atoms. The average Bonchev–Trinajstić information content (AvgIpc) is 3.24. The molecule has 26 heavy (non-hydrogen) atoms. The Balaban J connectivity index is 1.52. The highest BCUT2D eigenvalue weighted by Crippen LogP contribution is 2.26. The Hall–Kier alpha value is -2.63. The summed E-state index contributed by atoms with van der Waals surface area (Å²) in [6.45, 7) is 4.47. The summed E-state index contributed by atoms with van der Waals surface area (Å²) in [7, 11) is 0. The third kappa shape index (κ3) is 4.71. The molecule has 0 saturated heterocycles. The normalized spacial score (nSPS) is 14.4. The fourth-order valence-corrected chi connectivity index (χ4v) is 3.42. The summed E-state index contributed by atoms with van der Waals surface area (Å²) in [5.74, 6) is 0.156. The molecule has 2 N–H and O–H groups in total. The molecule has 1 saturated carbocycles. The number of hydrogen-bond donors (Lipinski definition) is 2. The van der Waals surface area contributed by atoms with Crippen molar-refractivity contribution in [2.24, 2.45) is 5.92 Å². The average molecular weight is 354 g/mol. The molecule has 6 nitrogen and oxygen atoms in total. The van der Waals surface area contributed by atoms with Crippen molar-refractivity contribution in [1.82, 2.24) is 15.1 Å². The third-order valence-electron chi connectivity index (χ3n) is 4.81. The molecule has 2 aromatic rings. The van der Waals surface area contributed by atoms with Gasteiger partial charge in [0, 0.05) is 23.8 Å². The van der Waals surface area contributed by atoms with Crippen molar-refractivity contribution in [2.75, 3.05) is 5.32 Å². The lowest BCUT2D eigenvalue weighted by Crippen LogP contribution is -2.28. The van der Waals surface area contributed by atoms with Crippen molar-refractivity contribution >= 4 is 17.5 Å². The van der Waals surface area contributed by atoms with E-state index in [4.69, 9.17) is 0 Å². The molecule has 1 aliphatic rings. The Morgan fingerprint density at radius 2 is 1.96 bits per heavy atom. The van der Waals surface area contributed by atoms with Gasteiger partial charge in [-0.25, -0.2) is 0 Å². The highest BCUT2D eigenvalue weighted by Gasteiger charge is 2.22. The Kier molecular flexibility index (Phi) is 5.71. The Morgan fingerprint density at radius 1 is 1.19 bits per heavy atom. The Bertz CT molecular complexity index is 791. The molecule has 2 amide bonds. The van der Waals surface area contributed by atoms with E-state index >= 15 is 0 Å². The predicted octanol–water partition coefficient (Wildman–Crippen LogP) is 2.95. The number of anilines is 1. The van der Waals surface area contributed by atoms with Gasteiger partial charge in [0.15, 0.2) is 0 Å². The predicted molar refractivity (Wildman–Crippen MR) is 101 cm³/mol. The van der Waals surface area contributed by atoms with Crippen LogP contribution in [-0.4, -0.2) is 21.6 Å². The van der Waals surface area contributed by atoms with Crippen molar-refractivity contribution in [3.63, 3.8) is 0 Å². The number of carbonyl (C=O) groups is 2. The molecular formula is C20H26N4O2. The molecule has 6 heteroatoms. The highest BCUT2D eigenvalue weighted by atomic mass is 16.2. The monoisotopic (exact) mass is 354 g/mol. The van der Waals surface area contributed by atoms with Gasteiger partial charge < -0.3 is 10.6 Å². The van der Waals surface area contributed by atoms with Crippen LogP contribution in [0.1, 0.15) is 42.6 Å². The molecule has 1 aliphatic carbocycles. The Labute approximate surface area is 154 Å². The fourth-order valence-electron chi connectivity index (χ4n) is 3.42. The van der Waals surface area contributed by atoms with E-state index in [9.17, 15) is 9.59 Å². The summed E-state index contributed by atoms with van der Waals surface area (Å²) in [5, 5.41) is 10.2. The van der Waals surface area contributed by atoms with Gasteiger partial charge in [-0.3, -0.25) is 14.3 Å². The molecule has 138 valence electrons. The zero-order valence-corrected chi connectivity index (χ0v) is 15.4. The van der Waals surface area contributed by atoms with E-state index in [0.717, 1.165) is 48.3 Å². The van der Waals surface area contributed by atoms with E-state index < -0.39 is 0 Å². The quantitative estimate of drug-likeness (QED) is 0.837. The smallest absolute Gasteiger partial charge is 0.242 e. The summed E-state index contributed by atoms with van der Waals surface area (Å²) in [6.07, 6.45) is 4.24. The van der Waals surface area contributed by atoms with Crippen LogP contribution < -0.4 is 10.6 Å². The summed E-state index contributed by atoms with van der Waals surface area (Å²) >= 11 is 0. The summed E-state index contributed by atoms with van der Waals surface area (Å²) in [6, 6.07) is 9.58. The van der Waals surface area contributed by atoms with Crippen molar-refractivity contribution in [2.45, 2.75) is 52.6 Å². The van der Waals surface area contributed by atoms with Crippen LogP contribution in [-0.2, 0) is 22.7 Å². The molecule has 3 rings (SSSR count). The maximum Gasteiger partial charge on any atom is 0.242 e. The van der Waals surface area contributed by atoms with Gasteiger partial charge in [0.25, 0.3) is 0 Å². The molecule has 1 aromatic carbocycles. The van der Waals surface area contributed by atoms with Crippen molar-refractivity contribution in [3.8, 4) is 0 Å². The van der Waals surface area contributed by atoms with E-state index in [0.29, 0.717) is 6.54 Å². The van der Waals surface area contributed by atoms with Crippen LogP contribution in [0.5, 0.6) is 0 Å². The van der Waals surface area contributed by atoms with Gasteiger partial charge >= 0.3 is 0 Å². The number of aryl methyl sites for hydroxylation is 2. The van der Waals surface area contributed by atoms with Gasteiger partial charge in [0.2, 0.25) is 11.8 Å². The topological polar surface area (TPSA) is 76.0 Å². The maximum absolute atomic E-state index is 12.2. The van der Waals surface area contributed by atoms with Crippen LogP contribution in [0.3, 0.4) is 0 Å². The van der Waals surface area contributed by atoms with Gasteiger partial charge in [-0.15, -0.1) is 0 Å². The summed E-state index contributed by atoms with van der Waals surface area (Å²) in [4.78, 5) is 24.4. The molecule has 0 aliphatic heterocycles. The van der Waals surface area contributed by atoms with Crippen LogP contribution in [0.25, 0.3) is 0 Å². The molecular weight excluding hydrogens is 328 g/mol. The first kappa shape index (κ1) is 18.2. The summed E-state index contributed by atoms with van der Waals surface area (Å²) < 4.78 is 1.70. The van der Waals surface area contributed by atoms with Crippen molar-refractivity contribution < 1.29 is 9.59 Å². The van der Waals surface area contributed by atoms with Crippen molar-refractivity contribution in [3.05, 3.63) is 47.3 Å². The van der Waals surface area contributed by atoms with Gasteiger partial charge in [-0.1, -0.05) is 25.0 Å². The molecule has 0 unspecified atom stereocenters. The van der Waals surface area contributed by atoms with E-state index in [1.54, 1.807) is 4.68 Å². The van der Waals surface area contributed by atoms with Gasteiger partial charge in [-0.05, 0) is 50.5 Å². The van der Waals surface area contributed by atoms with E-state index in [-0.39, 0.29) is 24.3 Å². The summed E-state index contributed by atoms with van der Waals surface area (Å²) in [5.41, 5.74) is 3.61. The van der Waals surface area contributed by atoms with Crippen LogP contribution in [0.15, 0.2) is 30.3 Å². The third-order valence-corrected chi connectivity index (χ3v) is 4.81. The van der Waals surface area contributed by atoms with Gasteiger partial charge in [0.1, 0.15) is 6.54 Å². The number of rotatable bonds is 6. The molecule has 0 atom stereocenters. The first-order chi connectivity index (χ1) is 12.5. The lowest BCUT2D eigenvalue weighted by molar-refractivity contribution is -0.122. The first-order valence-corrected chi connectivity index (χ1v) is 9.19. The molecule has 1 heterocycles. The second-order valence-corrected chi connectivity index (χ2v) is 7.03. The Morgan fingerprint density at radius 3 is 2.65 bits per heavy atom. The molecule has 1 fully saturated rings. The standard InChI is InChI=1S/C20H26N4O2/c1-14-10-15(2)24(23-14)13-19(25)21-12-16-6-5-9-18(11-16)22-20(26)17-7-3-4-8-17/h5-6,9-11,17H,3-4,7-8,12-13H2,1-2H3,(H,21,25)(H,22,26). The number of benzene rings is 1. The van der Waals surface area contributed by atoms with E-state index in [1.807, 2.05) is 44.2 Å². The fraction of sp³-hybridized carbons (Fsp3) is 0.450. The highest BCUT2D eigenvalue weighted by molar-refractivity contribution is 5.92. The van der Waals surface area contributed by atoms with E-state index in [2.05, 4.69) is 15.7 Å². The largest absolute Gasteiger partial charge is 0.350 e. The van der Waals surface area contributed by atoms with Crippen molar-refractivity contribution in [1.29, 1.82) is 0 Å². The minimum Gasteiger partial charge on any atom is -0.350 e. The maximum atomic E-state index is 12.2. The minimum absolute atomic E-state index is 0.0865. The molecule has 1 aromatic heterocycles. The number of nitrogens with one attached hydrogen (secondary N) is 2. The second kappa shape index (κ2) is 8.17. The number of hydrogen-bond acceptors (Lipinski definition) is 3. The van der Waals surface area contributed by atoms with Gasteiger partial charge in [-0.2, -0.15) is 5.10 Å². The van der Waals surface area contributed by atoms with E-state index in [1.165, 1.54) is 0 Å². The molecule has 0 radical (unpaired) electrons. The second-order valence-electron chi connectivity index (χ2n) is 7.03. The number of nitrogens with zero attached hydrogens (tertiary/aromatic N) is 2. The zero-order valence-electron chi connectivity index (χ0n) is 15.4. The lowest BCUT2D eigenvalue weighted by atomic mass is 10.1. The van der Waals surface area contributed by atoms with Crippen LogP contribution in [0.4, 0.5) is 5.69 Å². The van der Waals surface area contributed by atoms with Crippen LogP contribution >= 0.6 is 0 Å². The SMILES string of the molecule is Cc1cc(C)n(CC(=O)NCc2cccc(NC(=O)C3CCCC3)c2)n1. The van der Waals surface area contributed by atoms with Gasteiger partial charge in [0.05, 0.1) is 5.69 Å².